The number of carbonyl (C=O) groups excluding carboxylic acids is 3. The molecule has 0 aliphatic carbocycles. The summed E-state index contributed by atoms with van der Waals surface area (Å²) in [7, 11) is 0. The average Bonchev–Trinajstić information content (AvgIpc) is 3.34. The maximum absolute atomic E-state index is 12.7. The lowest BCUT2D eigenvalue weighted by atomic mass is 10.2. The Morgan fingerprint density at radius 1 is 0.950 bits per heavy atom. The molecule has 1 aliphatic heterocycles. The molecule has 1 fully saturated rings. The van der Waals surface area contributed by atoms with Crippen LogP contribution in [0, 0.1) is 20.2 Å². The minimum Gasteiger partial charge on any atom is -0.445 e. The van der Waals surface area contributed by atoms with Crippen molar-refractivity contribution in [3.05, 3.63) is 79.9 Å². The van der Waals surface area contributed by atoms with Crippen LogP contribution in [0.4, 0.5) is 21.0 Å². The summed E-state index contributed by atoms with van der Waals surface area (Å²) >= 11 is 4.38. The third kappa shape index (κ3) is 8.93. The quantitative estimate of drug-likeness (QED) is 0.0896. The van der Waals surface area contributed by atoms with Gasteiger partial charge < -0.3 is 20.1 Å². The number of nitrogens with one attached hydrogen (secondary N) is 2. The first-order chi connectivity index (χ1) is 19.1. The minimum atomic E-state index is -0.872. The van der Waals surface area contributed by atoms with Crippen molar-refractivity contribution in [1.82, 2.24) is 15.5 Å². The van der Waals surface area contributed by atoms with Gasteiger partial charge in [0, 0.05) is 49.1 Å². The number of carbonyl (C=O) groups is 3. The lowest BCUT2D eigenvalue weighted by Gasteiger charge is -2.23. The number of nitro benzene ring substituents is 2. The van der Waals surface area contributed by atoms with Gasteiger partial charge in [0.25, 0.3) is 11.4 Å². The van der Waals surface area contributed by atoms with E-state index < -0.39 is 34.0 Å². The smallest absolute Gasteiger partial charge is 0.435 e. The molecule has 15 nitrogen and oxygen atoms in total. The van der Waals surface area contributed by atoms with Crippen molar-refractivity contribution >= 4 is 48.4 Å². The lowest BCUT2D eigenvalue weighted by Crippen LogP contribution is -2.47. The molecule has 2 aromatic carbocycles. The minimum absolute atomic E-state index is 0.0740. The summed E-state index contributed by atoms with van der Waals surface area (Å²) in [5.41, 5.74) is 0.966. The molecular weight excluding hydrogens is 548 g/mol. The number of non-ortho nitro benzene ring substituents is 2. The first kappa shape index (κ1) is 29.8. The van der Waals surface area contributed by atoms with Crippen molar-refractivity contribution in [3.8, 4) is 0 Å². The molecule has 0 radical (unpaired) electrons. The molecule has 0 saturated carbocycles. The highest BCUT2D eigenvalue weighted by Crippen LogP contribution is 2.23. The van der Waals surface area contributed by atoms with Gasteiger partial charge in [0.1, 0.15) is 19.3 Å². The number of nitro groups is 2. The van der Waals surface area contributed by atoms with Crippen molar-refractivity contribution in [2.45, 2.75) is 30.9 Å². The van der Waals surface area contributed by atoms with Crippen LogP contribution in [-0.2, 0) is 27.5 Å². The number of thiol groups is 1. The fourth-order valence-electron chi connectivity index (χ4n) is 3.64. The van der Waals surface area contributed by atoms with Crippen LogP contribution in [0.25, 0.3) is 0 Å². The van der Waals surface area contributed by atoms with Crippen LogP contribution < -0.4 is 10.6 Å². The summed E-state index contributed by atoms with van der Waals surface area (Å²) in [6.07, 6.45) is -0.126. The Bertz CT molecular complexity index is 1260. The van der Waals surface area contributed by atoms with E-state index in [9.17, 15) is 34.6 Å². The standard InChI is InChI=1S/C24H26N6O9S/c31-22(26-10-9-25-15-27-23(32)38-13-16-1-5-18(6-2-16)29(34)35)21-11-20(40)12-28(21)24(33)39-14-17-3-7-19(8-4-17)30(36)37/h1-8,15,20-21,40H,9-14H2,(H,26,31)(H,25,27,32)/t20-,21-/m0/s1. The highest BCUT2D eigenvalue weighted by Gasteiger charge is 2.39. The Hall–Kier alpha value is -4.73. The summed E-state index contributed by atoms with van der Waals surface area (Å²) in [4.78, 5) is 62.2. The summed E-state index contributed by atoms with van der Waals surface area (Å²) in [5, 5.41) is 26.6. The highest BCUT2D eigenvalue weighted by molar-refractivity contribution is 7.81. The third-order valence-corrected chi connectivity index (χ3v) is 6.04. The van der Waals surface area contributed by atoms with Crippen LogP contribution in [-0.4, -0.2) is 70.1 Å². The number of hydrogen-bond acceptors (Lipinski definition) is 10. The molecule has 0 unspecified atom stereocenters. The maximum atomic E-state index is 12.7. The van der Waals surface area contributed by atoms with E-state index in [-0.39, 0.29) is 49.5 Å². The number of hydrogen-bond donors (Lipinski definition) is 3. The van der Waals surface area contributed by atoms with E-state index in [2.05, 4.69) is 28.3 Å². The molecule has 2 aromatic rings. The Labute approximate surface area is 233 Å². The molecule has 1 aliphatic rings. The van der Waals surface area contributed by atoms with Gasteiger partial charge in [-0.25, -0.2) is 9.59 Å². The second-order valence-electron chi connectivity index (χ2n) is 8.52. The van der Waals surface area contributed by atoms with Crippen LogP contribution in [0.2, 0.25) is 0 Å². The largest absolute Gasteiger partial charge is 0.445 e. The molecular formula is C24H26N6O9S. The maximum Gasteiger partial charge on any atom is 0.435 e. The average molecular weight is 575 g/mol. The Morgan fingerprint density at radius 2 is 1.50 bits per heavy atom. The van der Waals surface area contributed by atoms with Crippen LogP contribution in [0.1, 0.15) is 17.5 Å². The van der Waals surface area contributed by atoms with Gasteiger partial charge in [0.05, 0.1) is 16.2 Å². The molecule has 1 heterocycles. The molecule has 2 atom stereocenters. The lowest BCUT2D eigenvalue weighted by molar-refractivity contribution is -0.385. The van der Waals surface area contributed by atoms with E-state index in [1.54, 1.807) is 0 Å². The molecule has 212 valence electrons. The fourth-order valence-corrected chi connectivity index (χ4v) is 4.02. The predicted molar refractivity (Wildman–Crippen MR) is 144 cm³/mol. The Morgan fingerprint density at radius 3 is 2.05 bits per heavy atom. The number of rotatable bonds is 11. The second-order valence-corrected chi connectivity index (χ2v) is 9.25. The number of aliphatic imine (C=N–C) groups is 1. The summed E-state index contributed by atoms with van der Waals surface area (Å²) in [6, 6.07) is 10.3. The Balaban J connectivity index is 1.35. The summed E-state index contributed by atoms with van der Waals surface area (Å²) < 4.78 is 10.2. The van der Waals surface area contributed by atoms with Gasteiger partial charge in [0.2, 0.25) is 5.91 Å². The van der Waals surface area contributed by atoms with Gasteiger partial charge in [0.15, 0.2) is 0 Å². The van der Waals surface area contributed by atoms with Crippen LogP contribution in [0.3, 0.4) is 0 Å². The van der Waals surface area contributed by atoms with Gasteiger partial charge >= 0.3 is 12.2 Å². The second kappa shape index (κ2) is 14.4. The first-order valence-corrected chi connectivity index (χ1v) is 12.4. The van der Waals surface area contributed by atoms with Crippen molar-refractivity contribution in [1.29, 1.82) is 0 Å². The highest BCUT2D eigenvalue weighted by atomic mass is 32.1. The van der Waals surface area contributed by atoms with Crippen molar-refractivity contribution in [2.75, 3.05) is 19.6 Å². The number of benzene rings is 2. The van der Waals surface area contributed by atoms with E-state index >= 15 is 0 Å². The molecule has 0 aromatic heterocycles. The fraction of sp³-hybridized carbons (Fsp3) is 0.333. The number of likely N-dealkylation sites (tertiary alicyclic amines) is 1. The van der Waals surface area contributed by atoms with E-state index in [1.165, 1.54) is 53.4 Å². The zero-order valence-electron chi connectivity index (χ0n) is 21.0. The van der Waals surface area contributed by atoms with Crippen LogP contribution >= 0.6 is 12.6 Å². The molecule has 1 saturated heterocycles. The normalized spacial score (nSPS) is 16.4. The summed E-state index contributed by atoms with van der Waals surface area (Å²) in [5.74, 6) is -0.398. The molecule has 0 bridgehead atoms. The van der Waals surface area contributed by atoms with Gasteiger partial charge in [-0.05, 0) is 41.8 Å². The van der Waals surface area contributed by atoms with Gasteiger partial charge in [-0.3, -0.25) is 29.9 Å². The zero-order valence-corrected chi connectivity index (χ0v) is 21.9. The third-order valence-electron chi connectivity index (χ3n) is 5.66. The van der Waals surface area contributed by atoms with Gasteiger partial charge in [-0.1, -0.05) is 0 Å². The Kier molecular flexibility index (Phi) is 10.8. The topological polar surface area (TPSA) is 196 Å². The van der Waals surface area contributed by atoms with Gasteiger partial charge in [-0.15, -0.1) is 0 Å². The van der Waals surface area contributed by atoms with Crippen molar-refractivity contribution < 1.29 is 33.7 Å². The molecule has 0 spiro atoms. The number of nitrogens with zero attached hydrogens (tertiary/aromatic N) is 4. The van der Waals surface area contributed by atoms with E-state index in [0.29, 0.717) is 17.5 Å². The van der Waals surface area contributed by atoms with Crippen molar-refractivity contribution in [2.24, 2.45) is 4.99 Å². The van der Waals surface area contributed by atoms with E-state index in [1.807, 2.05) is 0 Å². The first-order valence-electron chi connectivity index (χ1n) is 11.9. The van der Waals surface area contributed by atoms with Crippen LogP contribution in [0.15, 0.2) is 53.5 Å². The SMILES string of the molecule is O=C(N=CNCCNC(=O)[C@@H]1C[C@H](S)CN1C(=O)OCc1ccc([N+](=O)[O-])cc1)OCc1ccc([N+](=O)[O-])cc1. The monoisotopic (exact) mass is 574 g/mol. The number of ether oxygens (including phenoxy) is 2. The molecule has 2 N–H and O–H groups in total. The van der Waals surface area contributed by atoms with Gasteiger partial charge in [-0.2, -0.15) is 17.6 Å². The molecule has 3 rings (SSSR count). The van der Waals surface area contributed by atoms with E-state index in [0.717, 1.165) is 6.34 Å². The van der Waals surface area contributed by atoms with Crippen molar-refractivity contribution in [3.63, 3.8) is 0 Å². The molecule has 16 heteroatoms. The zero-order chi connectivity index (χ0) is 29.1. The predicted octanol–water partition coefficient (Wildman–Crippen LogP) is 2.58. The van der Waals surface area contributed by atoms with E-state index in [4.69, 9.17) is 9.47 Å². The summed E-state index contributed by atoms with van der Waals surface area (Å²) in [6.45, 7) is 0.394. The molecule has 40 heavy (non-hydrogen) atoms. The molecule has 3 amide bonds. The number of amides is 3. The van der Waals surface area contributed by atoms with Crippen LogP contribution in [0.5, 0.6) is 0 Å².